The summed E-state index contributed by atoms with van der Waals surface area (Å²) in [5.41, 5.74) is 11.1. The minimum atomic E-state index is -0.879. The number of carbonyl (C=O) groups is 1. The van der Waals surface area contributed by atoms with Gasteiger partial charge in [0.05, 0.1) is 18.2 Å². The van der Waals surface area contributed by atoms with Gasteiger partial charge in [0.2, 0.25) is 5.91 Å². The van der Waals surface area contributed by atoms with Crippen LogP contribution in [-0.2, 0) is 17.8 Å². The van der Waals surface area contributed by atoms with Crippen LogP contribution in [-0.4, -0.2) is 45.3 Å². The number of H-pyrrole nitrogens is 1. The molecule has 6 nitrogen and oxygen atoms in total. The molecule has 1 aromatic heterocycles. The molecule has 1 aliphatic heterocycles. The highest BCUT2D eigenvalue weighted by Crippen LogP contribution is 2.35. The van der Waals surface area contributed by atoms with Gasteiger partial charge in [-0.15, -0.1) is 0 Å². The second-order valence-corrected chi connectivity index (χ2v) is 7.12. The van der Waals surface area contributed by atoms with Gasteiger partial charge in [0.25, 0.3) is 0 Å². The number of nitrogens with one attached hydrogen (secondary N) is 1. The van der Waals surface area contributed by atoms with Crippen molar-refractivity contribution in [3.8, 4) is 0 Å². The molecule has 6 heteroatoms. The van der Waals surface area contributed by atoms with Gasteiger partial charge in [-0.2, -0.15) is 5.10 Å². The Kier molecular flexibility index (Phi) is 5.23. The van der Waals surface area contributed by atoms with E-state index in [2.05, 4.69) is 34.5 Å². The summed E-state index contributed by atoms with van der Waals surface area (Å²) < 4.78 is 0. The van der Waals surface area contributed by atoms with Crippen LogP contribution in [0.15, 0.2) is 60.7 Å². The molecule has 0 saturated heterocycles. The normalized spacial score (nSPS) is 14.8. The van der Waals surface area contributed by atoms with E-state index in [-0.39, 0.29) is 18.4 Å². The molecule has 3 aromatic rings. The third kappa shape index (κ3) is 3.44. The molecule has 1 aliphatic rings. The average molecular weight is 376 g/mol. The van der Waals surface area contributed by atoms with Crippen LogP contribution in [0, 0.1) is 0 Å². The largest absolute Gasteiger partial charge is 0.394 e. The molecule has 2 heterocycles. The lowest BCUT2D eigenvalue weighted by atomic mass is 9.85. The number of aromatic amines is 1. The van der Waals surface area contributed by atoms with Crippen molar-refractivity contribution in [3.63, 3.8) is 0 Å². The first-order valence-corrected chi connectivity index (χ1v) is 9.50. The molecule has 1 atom stereocenters. The average Bonchev–Trinajstić information content (AvgIpc) is 3.17. The summed E-state index contributed by atoms with van der Waals surface area (Å²) in [6.07, 6.45) is 0.697. The summed E-state index contributed by atoms with van der Waals surface area (Å²) in [5.74, 6) is -0.250. The SMILES string of the molecule is N[C@@H](CO)C(=O)N1CCc2[nH]nc(C(c3ccccc3)c3ccccc3)c2C1. The van der Waals surface area contributed by atoms with E-state index >= 15 is 0 Å². The van der Waals surface area contributed by atoms with E-state index in [0.717, 1.165) is 28.1 Å². The fraction of sp³-hybridized carbons (Fsp3) is 0.273. The zero-order chi connectivity index (χ0) is 19.5. The van der Waals surface area contributed by atoms with E-state index in [9.17, 15) is 9.90 Å². The van der Waals surface area contributed by atoms with Gasteiger partial charge >= 0.3 is 0 Å². The number of rotatable bonds is 5. The number of aromatic nitrogens is 2. The Morgan fingerprint density at radius 1 is 1.11 bits per heavy atom. The number of nitrogens with zero attached hydrogens (tertiary/aromatic N) is 2. The molecule has 0 bridgehead atoms. The molecule has 4 N–H and O–H groups in total. The van der Waals surface area contributed by atoms with E-state index in [1.165, 1.54) is 0 Å². The van der Waals surface area contributed by atoms with E-state index in [1.54, 1.807) is 4.90 Å². The van der Waals surface area contributed by atoms with Crippen LogP contribution in [0.3, 0.4) is 0 Å². The first-order valence-electron chi connectivity index (χ1n) is 9.50. The lowest BCUT2D eigenvalue weighted by molar-refractivity contribution is -0.134. The van der Waals surface area contributed by atoms with Crippen molar-refractivity contribution >= 4 is 5.91 Å². The van der Waals surface area contributed by atoms with E-state index < -0.39 is 6.04 Å². The Morgan fingerprint density at radius 2 is 1.71 bits per heavy atom. The van der Waals surface area contributed by atoms with Crippen molar-refractivity contribution in [2.75, 3.05) is 13.2 Å². The molecule has 1 amide bonds. The quantitative estimate of drug-likeness (QED) is 0.633. The molecule has 0 saturated carbocycles. The van der Waals surface area contributed by atoms with Crippen molar-refractivity contribution in [2.45, 2.75) is 24.9 Å². The fourth-order valence-corrected chi connectivity index (χ4v) is 3.86. The molecule has 144 valence electrons. The minimum Gasteiger partial charge on any atom is -0.394 e. The van der Waals surface area contributed by atoms with Crippen LogP contribution in [0.1, 0.15) is 34.0 Å². The van der Waals surface area contributed by atoms with Gasteiger partial charge in [0.1, 0.15) is 6.04 Å². The Labute approximate surface area is 164 Å². The third-order valence-electron chi connectivity index (χ3n) is 5.33. The topological polar surface area (TPSA) is 95.2 Å². The standard InChI is InChI=1S/C22H24N4O2/c23-18(14-27)22(28)26-12-11-19-17(13-26)21(25-24-19)20(15-7-3-1-4-8-15)16-9-5-2-6-10-16/h1-10,18,20,27H,11-14,23H2,(H,24,25)/t18-/m0/s1. The first-order chi connectivity index (χ1) is 13.7. The van der Waals surface area contributed by atoms with E-state index in [4.69, 9.17) is 5.73 Å². The molecular weight excluding hydrogens is 352 g/mol. The van der Waals surface area contributed by atoms with Crippen molar-refractivity contribution in [1.29, 1.82) is 0 Å². The van der Waals surface area contributed by atoms with Crippen molar-refractivity contribution in [1.82, 2.24) is 15.1 Å². The first kappa shape index (κ1) is 18.4. The van der Waals surface area contributed by atoms with Crippen LogP contribution in [0.2, 0.25) is 0 Å². The van der Waals surface area contributed by atoms with E-state index in [1.807, 2.05) is 36.4 Å². The summed E-state index contributed by atoms with van der Waals surface area (Å²) in [7, 11) is 0. The number of amides is 1. The molecule has 0 unspecified atom stereocenters. The molecule has 0 radical (unpaired) electrons. The van der Waals surface area contributed by atoms with Gasteiger partial charge in [-0.25, -0.2) is 0 Å². The lowest BCUT2D eigenvalue weighted by Gasteiger charge is -2.30. The number of aliphatic hydroxyl groups is 1. The molecule has 0 fully saturated rings. The molecule has 2 aromatic carbocycles. The minimum absolute atomic E-state index is 0.0241. The predicted octanol–water partition coefficient (Wildman–Crippen LogP) is 1.79. The van der Waals surface area contributed by atoms with Crippen LogP contribution >= 0.6 is 0 Å². The molecule has 28 heavy (non-hydrogen) atoms. The van der Waals surface area contributed by atoms with Gasteiger partial charge in [-0.1, -0.05) is 60.7 Å². The maximum absolute atomic E-state index is 12.5. The monoisotopic (exact) mass is 376 g/mol. The van der Waals surface area contributed by atoms with Crippen LogP contribution in [0.25, 0.3) is 0 Å². The summed E-state index contributed by atoms with van der Waals surface area (Å²) >= 11 is 0. The summed E-state index contributed by atoms with van der Waals surface area (Å²) in [4.78, 5) is 14.2. The van der Waals surface area contributed by atoms with Crippen molar-refractivity contribution < 1.29 is 9.90 Å². The van der Waals surface area contributed by atoms with Crippen molar-refractivity contribution in [2.24, 2.45) is 5.73 Å². The zero-order valence-electron chi connectivity index (χ0n) is 15.6. The third-order valence-corrected chi connectivity index (χ3v) is 5.33. The Bertz CT molecular complexity index is 900. The summed E-state index contributed by atoms with van der Waals surface area (Å²) in [6, 6.07) is 19.7. The van der Waals surface area contributed by atoms with Crippen LogP contribution < -0.4 is 5.73 Å². The fourth-order valence-electron chi connectivity index (χ4n) is 3.86. The van der Waals surface area contributed by atoms with Gasteiger partial charge in [0.15, 0.2) is 0 Å². The number of hydrogen-bond donors (Lipinski definition) is 3. The van der Waals surface area contributed by atoms with Gasteiger partial charge < -0.3 is 15.7 Å². The molecule has 4 rings (SSSR count). The smallest absolute Gasteiger partial charge is 0.242 e. The summed E-state index contributed by atoms with van der Waals surface area (Å²) in [6.45, 7) is 0.670. The van der Waals surface area contributed by atoms with E-state index in [0.29, 0.717) is 19.5 Å². The number of fused-ring (bicyclic) bond motifs is 1. The lowest BCUT2D eigenvalue weighted by Crippen LogP contribution is -2.47. The number of carbonyl (C=O) groups excluding carboxylic acids is 1. The molecular formula is C22H24N4O2. The zero-order valence-corrected chi connectivity index (χ0v) is 15.6. The van der Waals surface area contributed by atoms with Crippen LogP contribution in [0.5, 0.6) is 0 Å². The number of aliphatic hydroxyl groups excluding tert-OH is 1. The molecule has 0 spiro atoms. The van der Waals surface area contributed by atoms with Gasteiger partial charge in [-0.05, 0) is 11.1 Å². The maximum Gasteiger partial charge on any atom is 0.242 e. The Hall–Kier alpha value is -2.96. The molecule has 0 aliphatic carbocycles. The second-order valence-electron chi connectivity index (χ2n) is 7.12. The Morgan fingerprint density at radius 3 is 2.29 bits per heavy atom. The predicted molar refractivity (Wildman–Crippen MR) is 107 cm³/mol. The number of benzene rings is 2. The highest BCUT2D eigenvalue weighted by Gasteiger charge is 2.31. The second kappa shape index (κ2) is 7.96. The van der Waals surface area contributed by atoms with Gasteiger partial charge in [0, 0.05) is 30.8 Å². The van der Waals surface area contributed by atoms with Crippen LogP contribution in [0.4, 0.5) is 0 Å². The van der Waals surface area contributed by atoms with Crippen molar-refractivity contribution in [3.05, 3.63) is 88.7 Å². The highest BCUT2D eigenvalue weighted by atomic mass is 16.3. The maximum atomic E-state index is 12.5. The Balaban J connectivity index is 1.74. The number of nitrogens with two attached hydrogens (primary N) is 1. The highest BCUT2D eigenvalue weighted by molar-refractivity contribution is 5.82. The summed E-state index contributed by atoms with van der Waals surface area (Å²) in [5, 5.41) is 17.1. The van der Waals surface area contributed by atoms with Gasteiger partial charge in [-0.3, -0.25) is 9.89 Å². The number of hydrogen-bond acceptors (Lipinski definition) is 4.